The molecule has 0 saturated carbocycles. The molecule has 1 atom stereocenters. The van der Waals surface area contributed by atoms with E-state index in [9.17, 15) is 13.2 Å². The molecule has 0 aliphatic heterocycles. The molecule has 0 unspecified atom stereocenters. The van der Waals surface area contributed by atoms with E-state index in [1.54, 1.807) is 43.8 Å². The van der Waals surface area contributed by atoms with Crippen LogP contribution in [0.5, 0.6) is 0 Å². The zero-order chi connectivity index (χ0) is 16.9. The quantitative estimate of drug-likeness (QED) is 0.794. The van der Waals surface area contributed by atoms with E-state index in [1.807, 2.05) is 6.07 Å². The van der Waals surface area contributed by atoms with Gasteiger partial charge >= 0.3 is 0 Å². The Kier molecular flexibility index (Phi) is 5.86. The normalized spacial score (nSPS) is 13.0. The highest BCUT2D eigenvalue weighted by atomic mass is 32.2. The van der Waals surface area contributed by atoms with Crippen LogP contribution in [0, 0.1) is 5.92 Å². The molecule has 2 aromatic heterocycles. The lowest BCUT2D eigenvalue weighted by Gasteiger charge is -2.21. The van der Waals surface area contributed by atoms with Gasteiger partial charge in [-0.15, -0.1) is 11.3 Å². The van der Waals surface area contributed by atoms with Gasteiger partial charge in [0.05, 0.1) is 0 Å². The number of hydrogen-bond donors (Lipinski definition) is 2. The molecule has 0 fully saturated rings. The maximum absolute atomic E-state index is 12.4. The third-order valence-corrected chi connectivity index (χ3v) is 6.02. The fourth-order valence-electron chi connectivity index (χ4n) is 1.94. The number of amides is 1. The molecule has 6 nitrogen and oxygen atoms in total. The molecule has 124 valence electrons. The predicted molar refractivity (Wildman–Crippen MR) is 89.4 cm³/mol. The van der Waals surface area contributed by atoms with Gasteiger partial charge in [-0.05, 0) is 29.0 Å². The summed E-state index contributed by atoms with van der Waals surface area (Å²) in [6.45, 7) is 3.90. The fourth-order valence-corrected chi connectivity index (χ4v) is 4.29. The Bertz CT molecular complexity index is 729. The Balaban J connectivity index is 2.05. The van der Waals surface area contributed by atoms with Crippen molar-refractivity contribution in [2.75, 3.05) is 0 Å². The van der Waals surface area contributed by atoms with Crippen LogP contribution in [0.4, 0.5) is 0 Å². The Labute approximate surface area is 140 Å². The molecule has 0 aliphatic rings. The number of pyridine rings is 1. The SMILES string of the molecule is CC(C)[C@@H](NS(=O)(=O)c1cccs1)C(=O)NCc1cccnc1. The molecule has 8 heteroatoms. The van der Waals surface area contributed by atoms with Crippen molar-refractivity contribution in [3.8, 4) is 0 Å². The molecule has 2 heterocycles. The number of thiophene rings is 1. The Hall–Kier alpha value is -1.77. The van der Waals surface area contributed by atoms with Gasteiger partial charge in [-0.3, -0.25) is 9.78 Å². The largest absolute Gasteiger partial charge is 0.351 e. The van der Waals surface area contributed by atoms with Crippen molar-refractivity contribution in [1.82, 2.24) is 15.0 Å². The fraction of sp³-hybridized carbons (Fsp3) is 0.333. The lowest BCUT2D eigenvalue weighted by atomic mass is 10.0. The molecule has 1 amide bonds. The summed E-state index contributed by atoms with van der Waals surface area (Å²) in [4.78, 5) is 16.3. The maximum atomic E-state index is 12.4. The first kappa shape index (κ1) is 17.6. The molecular formula is C15H19N3O3S2. The van der Waals surface area contributed by atoms with Gasteiger partial charge in [0, 0.05) is 18.9 Å². The van der Waals surface area contributed by atoms with E-state index in [0.717, 1.165) is 16.9 Å². The van der Waals surface area contributed by atoms with Crippen LogP contribution in [-0.2, 0) is 21.4 Å². The number of hydrogen-bond acceptors (Lipinski definition) is 5. The minimum atomic E-state index is -3.69. The van der Waals surface area contributed by atoms with Crippen LogP contribution in [-0.4, -0.2) is 25.4 Å². The minimum Gasteiger partial charge on any atom is -0.351 e. The molecule has 2 aromatic rings. The monoisotopic (exact) mass is 353 g/mol. The van der Waals surface area contributed by atoms with Crippen LogP contribution in [0.15, 0.2) is 46.2 Å². The van der Waals surface area contributed by atoms with Crippen molar-refractivity contribution in [3.05, 3.63) is 47.6 Å². The highest BCUT2D eigenvalue weighted by Gasteiger charge is 2.28. The number of nitrogens with zero attached hydrogens (tertiary/aromatic N) is 1. The minimum absolute atomic E-state index is 0.182. The first-order chi connectivity index (χ1) is 10.9. The summed E-state index contributed by atoms with van der Waals surface area (Å²) in [5, 5.41) is 4.43. The second kappa shape index (κ2) is 7.67. The molecular weight excluding hydrogens is 334 g/mol. The van der Waals surface area contributed by atoms with E-state index in [1.165, 1.54) is 6.07 Å². The van der Waals surface area contributed by atoms with E-state index in [0.29, 0.717) is 6.54 Å². The standard InChI is InChI=1S/C15H19N3O3S2/c1-11(2)14(18-23(20,21)13-6-4-8-22-13)15(19)17-10-12-5-3-7-16-9-12/h3-9,11,14,18H,10H2,1-2H3,(H,17,19)/t14-/m1/s1. The van der Waals surface area contributed by atoms with E-state index in [-0.39, 0.29) is 16.0 Å². The molecule has 0 saturated heterocycles. The van der Waals surface area contributed by atoms with Gasteiger partial charge in [0.25, 0.3) is 10.0 Å². The second-order valence-electron chi connectivity index (χ2n) is 5.35. The molecule has 2 N–H and O–H groups in total. The van der Waals surface area contributed by atoms with Crippen LogP contribution in [0.3, 0.4) is 0 Å². The van der Waals surface area contributed by atoms with Gasteiger partial charge in [-0.25, -0.2) is 8.42 Å². The van der Waals surface area contributed by atoms with Crippen molar-refractivity contribution in [2.24, 2.45) is 5.92 Å². The highest BCUT2D eigenvalue weighted by molar-refractivity contribution is 7.91. The Morgan fingerprint density at radius 3 is 2.65 bits per heavy atom. The van der Waals surface area contributed by atoms with Crippen LogP contribution in [0.2, 0.25) is 0 Å². The van der Waals surface area contributed by atoms with Gasteiger partial charge in [0.15, 0.2) is 0 Å². The van der Waals surface area contributed by atoms with Crippen molar-refractivity contribution in [1.29, 1.82) is 0 Å². The van der Waals surface area contributed by atoms with Gasteiger partial charge in [-0.1, -0.05) is 26.0 Å². The van der Waals surface area contributed by atoms with Gasteiger partial charge in [0.2, 0.25) is 5.91 Å². The molecule has 0 bridgehead atoms. The van der Waals surface area contributed by atoms with E-state index < -0.39 is 16.1 Å². The van der Waals surface area contributed by atoms with Gasteiger partial charge < -0.3 is 5.32 Å². The van der Waals surface area contributed by atoms with E-state index in [4.69, 9.17) is 0 Å². The number of carbonyl (C=O) groups is 1. The first-order valence-corrected chi connectivity index (χ1v) is 9.49. The van der Waals surface area contributed by atoms with Crippen LogP contribution in [0.1, 0.15) is 19.4 Å². The molecule has 23 heavy (non-hydrogen) atoms. The van der Waals surface area contributed by atoms with Crippen LogP contribution < -0.4 is 10.0 Å². The summed E-state index contributed by atoms with van der Waals surface area (Å²) in [6, 6.07) is 5.96. The average molecular weight is 353 g/mol. The number of carbonyl (C=O) groups excluding carboxylic acids is 1. The summed E-state index contributed by atoms with van der Waals surface area (Å²) in [5.74, 6) is -0.539. The van der Waals surface area contributed by atoms with Crippen molar-refractivity contribution >= 4 is 27.3 Å². The summed E-state index contributed by atoms with van der Waals surface area (Å²) < 4.78 is 27.3. The molecule has 0 spiro atoms. The molecule has 2 rings (SSSR count). The Morgan fingerprint density at radius 1 is 1.30 bits per heavy atom. The molecule has 0 radical (unpaired) electrons. The first-order valence-electron chi connectivity index (χ1n) is 7.12. The summed E-state index contributed by atoms with van der Waals surface area (Å²) in [7, 11) is -3.69. The number of sulfonamides is 1. The third kappa shape index (κ3) is 4.85. The average Bonchev–Trinajstić information content (AvgIpc) is 3.06. The number of aromatic nitrogens is 1. The van der Waals surface area contributed by atoms with Crippen molar-refractivity contribution in [3.63, 3.8) is 0 Å². The highest BCUT2D eigenvalue weighted by Crippen LogP contribution is 2.17. The molecule has 0 aliphatic carbocycles. The van der Waals surface area contributed by atoms with E-state index >= 15 is 0 Å². The van der Waals surface area contributed by atoms with E-state index in [2.05, 4.69) is 15.0 Å². The lowest BCUT2D eigenvalue weighted by Crippen LogP contribution is -2.49. The topological polar surface area (TPSA) is 88.2 Å². The summed E-state index contributed by atoms with van der Waals surface area (Å²) in [5.41, 5.74) is 0.851. The van der Waals surface area contributed by atoms with Gasteiger partial charge in [-0.2, -0.15) is 4.72 Å². The predicted octanol–water partition coefficient (Wildman–Crippen LogP) is 1.76. The van der Waals surface area contributed by atoms with Crippen LogP contribution >= 0.6 is 11.3 Å². The third-order valence-electron chi connectivity index (χ3n) is 3.18. The zero-order valence-electron chi connectivity index (χ0n) is 12.9. The number of nitrogens with one attached hydrogen (secondary N) is 2. The van der Waals surface area contributed by atoms with Crippen molar-refractivity contribution < 1.29 is 13.2 Å². The zero-order valence-corrected chi connectivity index (χ0v) is 14.5. The number of rotatable bonds is 7. The summed E-state index contributed by atoms with van der Waals surface area (Å²) >= 11 is 1.12. The second-order valence-corrected chi connectivity index (χ2v) is 8.24. The van der Waals surface area contributed by atoms with Gasteiger partial charge in [0.1, 0.15) is 10.3 Å². The van der Waals surface area contributed by atoms with Crippen LogP contribution in [0.25, 0.3) is 0 Å². The lowest BCUT2D eigenvalue weighted by molar-refractivity contribution is -0.123. The maximum Gasteiger partial charge on any atom is 0.250 e. The molecule has 0 aromatic carbocycles. The summed E-state index contributed by atoms with van der Waals surface area (Å²) in [6.07, 6.45) is 3.30. The Morgan fingerprint density at radius 2 is 2.09 bits per heavy atom. The smallest absolute Gasteiger partial charge is 0.250 e. The van der Waals surface area contributed by atoms with Crippen molar-refractivity contribution in [2.45, 2.75) is 30.6 Å².